The predicted molar refractivity (Wildman–Crippen MR) is 73.9 cm³/mol. The van der Waals surface area contributed by atoms with E-state index in [4.69, 9.17) is 4.52 Å². The lowest BCUT2D eigenvalue weighted by atomic mass is 9.85. The number of aromatic nitrogens is 3. The molecule has 0 aliphatic carbocycles. The minimum atomic E-state index is 0.572. The van der Waals surface area contributed by atoms with E-state index in [0.29, 0.717) is 17.7 Å². The molecule has 0 bridgehead atoms. The summed E-state index contributed by atoms with van der Waals surface area (Å²) >= 11 is 1.53. The minimum absolute atomic E-state index is 0.572. The second-order valence-electron chi connectivity index (χ2n) is 5.17. The molecule has 0 radical (unpaired) electrons. The highest BCUT2D eigenvalue weighted by molar-refractivity contribution is 7.13. The summed E-state index contributed by atoms with van der Waals surface area (Å²) in [5.74, 6) is 2.68. The molecule has 1 aliphatic heterocycles. The average molecular weight is 278 g/mol. The van der Waals surface area contributed by atoms with Crippen molar-refractivity contribution in [2.75, 3.05) is 13.1 Å². The molecule has 3 rings (SSSR count). The summed E-state index contributed by atoms with van der Waals surface area (Å²) in [6, 6.07) is 0. The first-order valence-electron chi connectivity index (χ1n) is 6.75. The van der Waals surface area contributed by atoms with Gasteiger partial charge in [-0.3, -0.25) is 4.98 Å². The van der Waals surface area contributed by atoms with Gasteiger partial charge in [-0.15, -0.1) is 11.3 Å². The molecule has 2 aromatic rings. The van der Waals surface area contributed by atoms with E-state index >= 15 is 0 Å². The van der Waals surface area contributed by atoms with Gasteiger partial charge in [0.2, 0.25) is 11.7 Å². The van der Waals surface area contributed by atoms with Crippen molar-refractivity contribution in [3.05, 3.63) is 17.6 Å². The van der Waals surface area contributed by atoms with Gasteiger partial charge in [-0.1, -0.05) is 12.1 Å². The molecular formula is C13H18N4OS. The number of nitrogens with zero attached hydrogens (tertiary/aromatic N) is 3. The molecule has 2 atom stereocenters. The Morgan fingerprint density at radius 1 is 1.58 bits per heavy atom. The molecule has 2 unspecified atom stereocenters. The van der Waals surface area contributed by atoms with Crippen LogP contribution in [0, 0.1) is 11.8 Å². The maximum Gasteiger partial charge on any atom is 0.227 e. The lowest BCUT2D eigenvalue weighted by Crippen LogP contribution is -2.33. The quantitative estimate of drug-likeness (QED) is 0.930. The maximum absolute atomic E-state index is 5.35. The van der Waals surface area contributed by atoms with Gasteiger partial charge in [0.05, 0.1) is 10.4 Å². The van der Waals surface area contributed by atoms with Crippen LogP contribution in [-0.4, -0.2) is 28.2 Å². The zero-order chi connectivity index (χ0) is 13.1. The third-order valence-corrected chi connectivity index (χ3v) is 4.53. The highest BCUT2D eigenvalue weighted by Gasteiger charge is 2.22. The molecule has 1 N–H and O–H groups in total. The zero-order valence-corrected chi connectivity index (χ0v) is 11.8. The van der Waals surface area contributed by atoms with Crippen LogP contribution in [0.1, 0.15) is 25.7 Å². The van der Waals surface area contributed by atoms with Crippen LogP contribution in [-0.2, 0) is 6.42 Å². The third-order valence-electron chi connectivity index (χ3n) is 3.76. The van der Waals surface area contributed by atoms with Crippen LogP contribution >= 0.6 is 11.3 Å². The van der Waals surface area contributed by atoms with Crippen molar-refractivity contribution in [3.63, 3.8) is 0 Å². The molecule has 3 heterocycles. The Labute approximate surface area is 116 Å². The molecule has 19 heavy (non-hydrogen) atoms. The fourth-order valence-electron chi connectivity index (χ4n) is 2.57. The highest BCUT2D eigenvalue weighted by Crippen LogP contribution is 2.24. The fourth-order valence-corrected chi connectivity index (χ4v) is 3.12. The van der Waals surface area contributed by atoms with Crippen LogP contribution in [0.5, 0.6) is 0 Å². The summed E-state index contributed by atoms with van der Waals surface area (Å²) in [6.45, 7) is 4.53. The molecule has 0 saturated carbocycles. The molecule has 1 aliphatic rings. The maximum atomic E-state index is 5.35. The number of nitrogens with one attached hydrogen (secondary N) is 1. The second kappa shape index (κ2) is 5.79. The number of hydrogen-bond donors (Lipinski definition) is 1. The molecule has 6 heteroatoms. The van der Waals surface area contributed by atoms with E-state index < -0.39 is 0 Å². The van der Waals surface area contributed by atoms with Crippen molar-refractivity contribution in [2.24, 2.45) is 11.8 Å². The summed E-state index contributed by atoms with van der Waals surface area (Å²) in [5.41, 5.74) is 1.78. The van der Waals surface area contributed by atoms with Gasteiger partial charge in [-0.05, 0) is 37.8 Å². The second-order valence-corrected chi connectivity index (χ2v) is 6.05. The molecule has 0 amide bonds. The topological polar surface area (TPSA) is 63.8 Å². The Balaban J connectivity index is 1.63. The fraction of sp³-hybridized carbons (Fsp3) is 0.615. The van der Waals surface area contributed by atoms with Gasteiger partial charge in [0.25, 0.3) is 0 Å². The Bertz CT molecular complexity index is 504. The van der Waals surface area contributed by atoms with Crippen molar-refractivity contribution in [1.82, 2.24) is 20.4 Å². The van der Waals surface area contributed by atoms with Gasteiger partial charge in [0.1, 0.15) is 0 Å². The molecule has 5 nitrogen and oxygen atoms in total. The first-order chi connectivity index (χ1) is 9.33. The summed E-state index contributed by atoms with van der Waals surface area (Å²) in [4.78, 5) is 9.45. The number of thiazole rings is 1. The number of piperidine rings is 1. The first kappa shape index (κ1) is 12.7. The van der Waals surface area contributed by atoms with Crippen molar-refractivity contribution in [2.45, 2.75) is 26.2 Å². The van der Waals surface area contributed by atoms with Gasteiger partial charge >= 0.3 is 0 Å². The first-order valence-corrected chi connectivity index (χ1v) is 7.63. The van der Waals surface area contributed by atoms with E-state index in [-0.39, 0.29) is 0 Å². The van der Waals surface area contributed by atoms with E-state index in [1.165, 1.54) is 24.2 Å². The number of hydrogen-bond acceptors (Lipinski definition) is 6. The molecular weight excluding hydrogens is 260 g/mol. The van der Waals surface area contributed by atoms with Gasteiger partial charge in [0, 0.05) is 12.6 Å². The average Bonchev–Trinajstić information content (AvgIpc) is 3.10. The SMILES string of the molecule is CC(Cc1nc(-c2cncs2)no1)C1CCCNC1. The van der Waals surface area contributed by atoms with Crippen LogP contribution in [0.3, 0.4) is 0 Å². The molecule has 0 spiro atoms. The summed E-state index contributed by atoms with van der Waals surface area (Å²) in [6.07, 6.45) is 5.20. The molecule has 1 fully saturated rings. The van der Waals surface area contributed by atoms with Gasteiger partial charge in [0.15, 0.2) is 0 Å². The van der Waals surface area contributed by atoms with Gasteiger partial charge in [-0.2, -0.15) is 4.98 Å². The summed E-state index contributed by atoms with van der Waals surface area (Å²) in [5, 5.41) is 7.48. The number of rotatable bonds is 4. The standard InChI is InChI=1S/C13H18N4OS/c1-9(10-3-2-4-14-6-10)5-12-16-13(17-18-12)11-7-15-8-19-11/h7-10,14H,2-6H2,1H3. The Morgan fingerprint density at radius 3 is 3.26 bits per heavy atom. The van der Waals surface area contributed by atoms with Crippen molar-refractivity contribution < 1.29 is 4.52 Å². The van der Waals surface area contributed by atoms with Crippen LogP contribution in [0.15, 0.2) is 16.2 Å². The van der Waals surface area contributed by atoms with Crippen molar-refractivity contribution >= 4 is 11.3 Å². The van der Waals surface area contributed by atoms with Crippen LogP contribution in [0.25, 0.3) is 10.7 Å². The normalized spacial score (nSPS) is 21.4. The molecule has 102 valence electrons. The molecule has 1 saturated heterocycles. The summed E-state index contributed by atoms with van der Waals surface area (Å²) < 4.78 is 5.35. The lowest BCUT2D eigenvalue weighted by Gasteiger charge is -2.27. The Kier molecular flexibility index (Phi) is 3.89. The van der Waals surface area contributed by atoms with E-state index in [1.807, 2.05) is 0 Å². The Hall–Kier alpha value is -1.27. The van der Waals surface area contributed by atoms with Crippen LogP contribution < -0.4 is 5.32 Å². The Morgan fingerprint density at radius 2 is 2.53 bits per heavy atom. The van der Waals surface area contributed by atoms with Gasteiger partial charge < -0.3 is 9.84 Å². The predicted octanol–water partition coefficient (Wildman–Crippen LogP) is 2.37. The van der Waals surface area contributed by atoms with E-state index in [9.17, 15) is 0 Å². The molecule has 0 aromatic carbocycles. The van der Waals surface area contributed by atoms with Crippen LogP contribution in [0.4, 0.5) is 0 Å². The zero-order valence-electron chi connectivity index (χ0n) is 11.0. The third kappa shape index (κ3) is 3.01. The molecule has 2 aromatic heterocycles. The van der Waals surface area contributed by atoms with Crippen molar-refractivity contribution in [1.29, 1.82) is 0 Å². The summed E-state index contributed by atoms with van der Waals surface area (Å²) in [7, 11) is 0. The van der Waals surface area contributed by atoms with Gasteiger partial charge in [-0.25, -0.2) is 0 Å². The smallest absolute Gasteiger partial charge is 0.227 e. The van der Waals surface area contributed by atoms with Crippen molar-refractivity contribution in [3.8, 4) is 10.7 Å². The monoisotopic (exact) mass is 278 g/mol. The van der Waals surface area contributed by atoms with E-state index in [2.05, 4.69) is 27.4 Å². The van der Waals surface area contributed by atoms with Crippen LogP contribution in [0.2, 0.25) is 0 Å². The van der Waals surface area contributed by atoms with E-state index in [0.717, 1.165) is 30.3 Å². The largest absolute Gasteiger partial charge is 0.339 e. The lowest BCUT2D eigenvalue weighted by molar-refractivity contribution is 0.257. The minimum Gasteiger partial charge on any atom is -0.339 e. The highest BCUT2D eigenvalue weighted by atomic mass is 32.1. The van der Waals surface area contributed by atoms with E-state index in [1.54, 1.807) is 11.7 Å².